The molecule has 4 atom stereocenters. The summed E-state index contributed by atoms with van der Waals surface area (Å²) in [4.78, 5) is 1.44. The molecule has 0 amide bonds. The minimum atomic E-state index is -0.531. The van der Waals surface area contributed by atoms with E-state index in [1.165, 1.54) is 104 Å². The quantitative estimate of drug-likeness (QED) is 0.173. The van der Waals surface area contributed by atoms with Crippen LogP contribution in [0.15, 0.2) is 205 Å². The molecule has 0 aliphatic heterocycles. The molecular weight excluding hydrogens is 884 g/mol. The van der Waals surface area contributed by atoms with Crippen molar-refractivity contribution < 1.29 is 0 Å². The minimum absolute atomic E-state index is 0.127. The molecule has 0 bridgehead atoms. The first kappa shape index (κ1) is 36.6. The van der Waals surface area contributed by atoms with Gasteiger partial charge in [-0.25, -0.2) is 0 Å². The Bertz CT molecular complexity index is 3320. The van der Waals surface area contributed by atoms with Crippen molar-refractivity contribution in [2.45, 2.75) is 24.3 Å². The highest BCUT2D eigenvalue weighted by atomic mass is 127. The lowest BCUT2D eigenvalue weighted by Crippen LogP contribution is -2.41. The van der Waals surface area contributed by atoms with Crippen molar-refractivity contribution in [2.24, 2.45) is 11.8 Å². The number of aromatic nitrogens is 1. The molecule has 4 aliphatic rings. The van der Waals surface area contributed by atoms with E-state index in [9.17, 15) is 0 Å². The van der Waals surface area contributed by atoms with Gasteiger partial charge in [-0.1, -0.05) is 184 Å². The molecule has 1 heterocycles. The van der Waals surface area contributed by atoms with Gasteiger partial charge in [-0.05, 0) is 97.6 Å². The zero-order valence-electron chi connectivity index (χ0n) is 34.1. The molecule has 296 valence electrons. The van der Waals surface area contributed by atoms with E-state index in [2.05, 4.69) is 238 Å². The Morgan fingerprint density at radius 2 is 1.16 bits per heavy atom. The number of nitrogens with zero attached hydrogens (tertiary/aromatic N) is 1. The number of halogens is 1. The summed E-state index contributed by atoms with van der Waals surface area (Å²) in [5, 5.41) is 9.46. The Morgan fingerprint density at radius 1 is 0.548 bits per heavy atom. The third-order valence-electron chi connectivity index (χ3n) is 14.4. The van der Waals surface area contributed by atoms with Crippen molar-refractivity contribution in [3.8, 4) is 27.9 Å². The maximum Gasteiger partial charge on any atom is 0.0727 e. The van der Waals surface area contributed by atoms with Crippen LogP contribution in [-0.4, -0.2) is 10.6 Å². The Labute approximate surface area is 378 Å². The SMILES string of the molecule is Cc1ccc(C2C=C(SI)C3C=CC=CC3C2Nc2cc3c(c4ccccc24)-c2ccc(-n4c5ccccc5c5ccccc54)cc2C32c3ccccc3-c3ccccc32)cc1. The smallest absolute Gasteiger partial charge is 0.0727 e. The zero-order chi connectivity index (χ0) is 41.1. The largest absolute Gasteiger partial charge is 0.380 e. The van der Waals surface area contributed by atoms with Gasteiger partial charge in [-0.2, -0.15) is 0 Å². The van der Waals surface area contributed by atoms with E-state index in [1.54, 1.807) is 0 Å². The minimum Gasteiger partial charge on any atom is -0.380 e. The molecule has 8 aromatic carbocycles. The zero-order valence-corrected chi connectivity index (χ0v) is 37.1. The fraction of sp³-hybridized carbons (Fsp3) is 0.103. The molecule has 13 rings (SSSR count). The predicted molar refractivity (Wildman–Crippen MR) is 271 cm³/mol. The van der Waals surface area contributed by atoms with Gasteiger partial charge in [-0.15, -0.1) is 0 Å². The highest BCUT2D eigenvalue weighted by Gasteiger charge is 2.53. The van der Waals surface area contributed by atoms with Gasteiger partial charge < -0.3 is 9.88 Å². The van der Waals surface area contributed by atoms with E-state index in [4.69, 9.17) is 0 Å². The normalized spacial score (nSPS) is 19.9. The van der Waals surface area contributed by atoms with Gasteiger partial charge in [0.15, 0.2) is 0 Å². The second-order valence-electron chi connectivity index (χ2n) is 17.5. The lowest BCUT2D eigenvalue weighted by Gasteiger charge is -2.42. The fourth-order valence-corrected chi connectivity index (χ4v) is 13.7. The molecule has 62 heavy (non-hydrogen) atoms. The number of hydrogen-bond acceptors (Lipinski definition) is 2. The van der Waals surface area contributed by atoms with Crippen LogP contribution in [0.5, 0.6) is 0 Å². The van der Waals surface area contributed by atoms with Crippen molar-refractivity contribution in [1.82, 2.24) is 4.57 Å². The van der Waals surface area contributed by atoms with Gasteiger partial charge in [-0.3, -0.25) is 0 Å². The molecule has 1 N–H and O–H groups in total. The predicted octanol–water partition coefficient (Wildman–Crippen LogP) is 15.5. The van der Waals surface area contributed by atoms with Crippen molar-refractivity contribution >= 4 is 68.4 Å². The first-order chi connectivity index (χ1) is 30.6. The van der Waals surface area contributed by atoms with Crippen LogP contribution in [0.1, 0.15) is 39.3 Å². The van der Waals surface area contributed by atoms with E-state index < -0.39 is 5.41 Å². The van der Waals surface area contributed by atoms with E-state index in [-0.39, 0.29) is 17.9 Å². The van der Waals surface area contributed by atoms with E-state index in [0.717, 1.165) is 0 Å². The summed E-state index contributed by atoms with van der Waals surface area (Å²) in [5.74, 6) is 0.795. The number of fused-ring (bicyclic) bond motifs is 16. The van der Waals surface area contributed by atoms with Gasteiger partial charge in [0, 0.05) is 72.5 Å². The van der Waals surface area contributed by atoms with Crippen LogP contribution < -0.4 is 5.32 Å². The van der Waals surface area contributed by atoms with Crippen LogP contribution >= 0.6 is 30.1 Å². The summed E-state index contributed by atoms with van der Waals surface area (Å²) in [6, 6.07) is 64.5. The molecular formula is C58H41IN2S. The average molecular weight is 925 g/mol. The summed E-state index contributed by atoms with van der Waals surface area (Å²) in [6.45, 7) is 2.18. The number of rotatable bonds is 5. The summed E-state index contributed by atoms with van der Waals surface area (Å²) in [5.41, 5.74) is 17.6. The summed E-state index contributed by atoms with van der Waals surface area (Å²) >= 11 is 2.49. The Kier molecular flexibility index (Phi) is 8.24. The fourth-order valence-electron chi connectivity index (χ4n) is 11.9. The topological polar surface area (TPSA) is 17.0 Å². The average Bonchev–Trinajstić information content (AvgIpc) is 3.93. The monoisotopic (exact) mass is 924 g/mol. The number of aryl methyl sites for hydroxylation is 1. The molecule has 4 unspecified atom stereocenters. The van der Waals surface area contributed by atoms with Gasteiger partial charge in [0.1, 0.15) is 0 Å². The second kappa shape index (κ2) is 14.0. The van der Waals surface area contributed by atoms with Crippen molar-refractivity contribution in [3.05, 3.63) is 239 Å². The number of anilines is 1. The number of nitrogens with one attached hydrogen (secondary N) is 1. The van der Waals surface area contributed by atoms with Crippen LogP contribution in [0.2, 0.25) is 0 Å². The van der Waals surface area contributed by atoms with E-state index >= 15 is 0 Å². The number of para-hydroxylation sites is 2. The molecule has 0 radical (unpaired) electrons. The van der Waals surface area contributed by atoms with Crippen molar-refractivity contribution in [3.63, 3.8) is 0 Å². The summed E-state index contributed by atoms with van der Waals surface area (Å²) in [7, 11) is 1.87. The molecule has 1 aromatic heterocycles. The highest BCUT2D eigenvalue weighted by molar-refractivity contribution is 14.2. The van der Waals surface area contributed by atoms with Crippen molar-refractivity contribution in [1.29, 1.82) is 0 Å². The highest BCUT2D eigenvalue weighted by Crippen LogP contribution is 2.65. The van der Waals surface area contributed by atoms with Crippen LogP contribution in [0.25, 0.3) is 60.5 Å². The number of benzene rings is 8. The molecule has 4 aliphatic carbocycles. The molecule has 1 spiro atoms. The first-order valence-electron chi connectivity index (χ1n) is 21.7. The van der Waals surface area contributed by atoms with Crippen molar-refractivity contribution in [2.75, 3.05) is 5.32 Å². The molecule has 0 fully saturated rings. The van der Waals surface area contributed by atoms with Crippen LogP contribution in [-0.2, 0) is 5.41 Å². The standard InChI is InChI=1S/C58H41IN2S/c1-35-26-28-36(29-27-35)47-33-55(62-59)43-19-3-5-21-45(43)57(47)60-52-34-51-56(44-20-4-2-16-40(44)52)46-31-30-37(61-53-24-12-8-17-41(53)42-18-9-13-25-54(42)61)32-50(46)58(51)48-22-10-6-14-38(48)39-15-7-11-23-49(39)58/h2-34,43,45,47,57,60H,1H3. The first-order valence-corrected chi connectivity index (χ1v) is 25.1. The Balaban J connectivity index is 1.09. The molecule has 4 heteroatoms. The number of hydrogen-bond donors (Lipinski definition) is 1. The van der Waals surface area contributed by atoms with Crippen LogP contribution in [0.4, 0.5) is 5.69 Å². The van der Waals surface area contributed by atoms with Gasteiger partial charge in [0.25, 0.3) is 0 Å². The second-order valence-corrected chi connectivity index (χ2v) is 19.4. The van der Waals surface area contributed by atoms with Gasteiger partial charge >= 0.3 is 0 Å². The molecule has 0 saturated carbocycles. The van der Waals surface area contributed by atoms with E-state index in [1.807, 2.05) is 8.93 Å². The third kappa shape index (κ3) is 5.05. The molecule has 2 nitrogen and oxygen atoms in total. The Hall–Kier alpha value is -6.08. The van der Waals surface area contributed by atoms with Gasteiger partial charge in [0.05, 0.1) is 16.4 Å². The summed E-state index contributed by atoms with van der Waals surface area (Å²) in [6.07, 6.45) is 11.9. The summed E-state index contributed by atoms with van der Waals surface area (Å²) < 4.78 is 2.48. The molecule has 0 saturated heterocycles. The third-order valence-corrected chi connectivity index (χ3v) is 16.6. The maximum atomic E-state index is 4.37. The lowest BCUT2D eigenvalue weighted by molar-refractivity contribution is 0.410. The van der Waals surface area contributed by atoms with Gasteiger partial charge in [0.2, 0.25) is 0 Å². The van der Waals surface area contributed by atoms with Crippen LogP contribution in [0.3, 0.4) is 0 Å². The molecule has 9 aromatic rings. The number of allylic oxidation sites excluding steroid dienone is 4. The van der Waals surface area contributed by atoms with E-state index in [0.29, 0.717) is 5.92 Å². The lowest BCUT2D eigenvalue weighted by atomic mass is 9.69. The Morgan fingerprint density at radius 3 is 1.85 bits per heavy atom. The maximum absolute atomic E-state index is 4.37. The van der Waals surface area contributed by atoms with Crippen LogP contribution in [0, 0.1) is 18.8 Å².